The highest BCUT2D eigenvalue weighted by molar-refractivity contribution is 7.11. The molecule has 0 fully saturated rings. The Hall–Kier alpha value is -1.19. The number of aryl methyl sites for hydroxylation is 2. The maximum Gasteiger partial charge on any atom is 0.0324 e. The molecule has 2 nitrogen and oxygen atoms in total. The van der Waals surface area contributed by atoms with Gasteiger partial charge in [-0.2, -0.15) is 0 Å². The average Bonchev–Trinajstić information content (AvgIpc) is 2.93. The van der Waals surface area contributed by atoms with Crippen LogP contribution in [0.3, 0.4) is 0 Å². The van der Waals surface area contributed by atoms with Crippen molar-refractivity contribution >= 4 is 11.3 Å². The van der Waals surface area contributed by atoms with E-state index in [-0.39, 0.29) is 0 Å². The van der Waals surface area contributed by atoms with Gasteiger partial charge in [0, 0.05) is 28.7 Å². The summed E-state index contributed by atoms with van der Waals surface area (Å²) >= 11 is 1.96. The topological polar surface area (TPSA) is 16.1 Å². The van der Waals surface area contributed by atoms with E-state index >= 15 is 0 Å². The molecular formula is C19H28N2S. The van der Waals surface area contributed by atoms with E-state index in [4.69, 9.17) is 0 Å². The van der Waals surface area contributed by atoms with Crippen LogP contribution in [0.15, 0.2) is 36.7 Å². The summed E-state index contributed by atoms with van der Waals surface area (Å²) in [6.07, 6.45) is 8.63. The normalized spacial score (nSPS) is 11.5. The van der Waals surface area contributed by atoms with Crippen molar-refractivity contribution in [2.45, 2.75) is 46.1 Å². The van der Waals surface area contributed by atoms with Gasteiger partial charge in [0.05, 0.1) is 0 Å². The van der Waals surface area contributed by atoms with E-state index in [2.05, 4.69) is 49.0 Å². The second-order valence-corrected chi connectivity index (χ2v) is 7.76. The smallest absolute Gasteiger partial charge is 0.0324 e. The summed E-state index contributed by atoms with van der Waals surface area (Å²) in [5, 5.41) is 0. The van der Waals surface area contributed by atoms with Crippen molar-refractivity contribution in [3.8, 4) is 0 Å². The predicted octanol–water partition coefficient (Wildman–Crippen LogP) is 4.80. The van der Waals surface area contributed by atoms with Crippen LogP contribution >= 0.6 is 11.3 Å². The zero-order valence-corrected chi connectivity index (χ0v) is 14.9. The van der Waals surface area contributed by atoms with E-state index in [1.165, 1.54) is 34.7 Å². The van der Waals surface area contributed by atoms with Crippen LogP contribution in [0.25, 0.3) is 0 Å². The van der Waals surface area contributed by atoms with E-state index in [1.54, 1.807) is 0 Å². The van der Waals surface area contributed by atoms with Gasteiger partial charge in [0.1, 0.15) is 0 Å². The van der Waals surface area contributed by atoms with Crippen LogP contribution in [0.5, 0.6) is 0 Å². The van der Waals surface area contributed by atoms with Crippen molar-refractivity contribution in [2.24, 2.45) is 5.92 Å². The fourth-order valence-electron chi connectivity index (χ4n) is 2.57. The minimum absolute atomic E-state index is 0.814. The molecule has 2 aromatic heterocycles. The lowest BCUT2D eigenvalue weighted by molar-refractivity contribution is 0.313. The van der Waals surface area contributed by atoms with Gasteiger partial charge in [-0.05, 0) is 69.0 Å². The number of hydrogen-bond acceptors (Lipinski definition) is 3. The molecule has 0 bridgehead atoms. The minimum atomic E-state index is 0.814. The molecular weight excluding hydrogens is 288 g/mol. The first kappa shape index (κ1) is 17.2. The van der Waals surface area contributed by atoms with Crippen molar-refractivity contribution in [3.05, 3.63) is 52.0 Å². The molecule has 22 heavy (non-hydrogen) atoms. The fraction of sp³-hybridized carbons (Fsp3) is 0.526. The molecule has 3 heteroatoms. The molecule has 0 atom stereocenters. The quantitative estimate of drug-likeness (QED) is 0.661. The standard InChI is InChI=1S/C19H28N2S/c1-16(2)6-5-13-21(3)15-19-11-10-18(22-19)9-8-17-7-4-12-20-14-17/h4,7,10-12,14,16H,5-6,8-9,13,15H2,1-3H3. The number of aromatic nitrogens is 1. The molecule has 2 rings (SSSR count). The summed E-state index contributed by atoms with van der Waals surface area (Å²) in [5.41, 5.74) is 1.32. The highest BCUT2D eigenvalue weighted by Gasteiger charge is 2.05. The molecule has 0 N–H and O–H groups in total. The molecule has 0 spiro atoms. The lowest BCUT2D eigenvalue weighted by atomic mass is 10.1. The van der Waals surface area contributed by atoms with Gasteiger partial charge in [0.2, 0.25) is 0 Å². The maximum absolute atomic E-state index is 4.18. The fourth-order valence-corrected chi connectivity index (χ4v) is 3.67. The highest BCUT2D eigenvalue weighted by atomic mass is 32.1. The maximum atomic E-state index is 4.18. The Morgan fingerprint density at radius 3 is 2.68 bits per heavy atom. The average molecular weight is 317 g/mol. The van der Waals surface area contributed by atoms with E-state index < -0.39 is 0 Å². The van der Waals surface area contributed by atoms with Crippen molar-refractivity contribution in [2.75, 3.05) is 13.6 Å². The molecule has 0 aliphatic heterocycles. The van der Waals surface area contributed by atoms with Gasteiger partial charge in [0.25, 0.3) is 0 Å². The Morgan fingerprint density at radius 2 is 1.95 bits per heavy atom. The number of hydrogen-bond donors (Lipinski definition) is 0. The Kier molecular flexibility index (Phi) is 7.07. The van der Waals surface area contributed by atoms with Crippen LogP contribution in [0.4, 0.5) is 0 Å². The molecule has 2 heterocycles. The van der Waals surface area contributed by atoms with Crippen LogP contribution < -0.4 is 0 Å². The molecule has 0 radical (unpaired) electrons. The first-order valence-electron chi connectivity index (χ1n) is 8.28. The third-order valence-electron chi connectivity index (χ3n) is 3.85. The van der Waals surface area contributed by atoms with Crippen LogP contribution in [-0.2, 0) is 19.4 Å². The van der Waals surface area contributed by atoms with Crippen molar-refractivity contribution in [3.63, 3.8) is 0 Å². The van der Waals surface area contributed by atoms with Gasteiger partial charge in [-0.25, -0.2) is 0 Å². The Labute approximate surface area is 139 Å². The van der Waals surface area contributed by atoms with Crippen molar-refractivity contribution in [1.82, 2.24) is 9.88 Å². The Morgan fingerprint density at radius 1 is 1.14 bits per heavy atom. The summed E-state index contributed by atoms with van der Waals surface area (Å²) in [7, 11) is 2.23. The van der Waals surface area contributed by atoms with Gasteiger partial charge in [-0.1, -0.05) is 19.9 Å². The summed E-state index contributed by atoms with van der Waals surface area (Å²) in [5.74, 6) is 0.814. The highest BCUT2D eigenvalue weighted by Crippen LogP contribution is 2.20. The van der Waals surface area contributed by atoms with Crippen LogP contribution in [0.2, 0.25) is 0 Å². The third-order valence-corrected chi connectivity index (χ3v) is 4.98. The second-order valence-electron chi connectivity index (χ2n) is 6.50. The van der Waals surface area contributed by atoms with Gasteiger partial charge in [0.15, 0.2) is 0 Å². The van der Waals surface area contributed by atoms with Crippen molar-refractivity contribution in [1.29, 1.82) is 0 Å². The predicted molar refractivity (Wildman–Crippen MR) is 96.4 cm³/mol. The molecule has 0 aliphatic rings. The summed E-state index contributed by atoms with van der Waals surface area (Å²) in [4.78, 5) is 9.58. The lowest BCUT2D eigenvalue weighted by Gasteiger charge is -2.16. The Bertz CT molecular complexity index is 533. The van der Waals surface area contributed by atoms with Gasteiger partial charge < -0.3 is 4.90 Å². The molecule has 0 saturated heterocycles. The first-order chi connectivity index (χ1) is 10.6. The summed E-state index contributed by atoms with van der Waals surface area (Å²) in [6, 6.07) is 8.76. The molecule has 0 saturated carbocycles. The number of nitrogens with zero attached hydrogens (tertiary/aromatic N) is 2. The molecule has 0 aliphatic carbocycles. The van der Waals surface area contributed by atoms with Crippen LogP contribution in [0.1, 0.15) is 42.0 Å². The van der Waals surface area contributed by atoms with Gasteiger partial charge >= 0.3 is 0 Å². The summed E-state index contributed by atoms with van der Waals surface area (Å²) in [6.45, 7) is 6.87. The summed E-state index contributed by atoms with van der Waals surface area (Å²) < 4.78 is 0. The van der Waals surface area contributed by atoms with E-state index in [0.717, 1.165) is 25.3 Å². The Balaban J connectivity index is 1.74. The van der Waals surface area contributed by atoms with Crippen LogP contribution in [0, 0.1) is 5.92 Å². The van der Waals surface area contributed by atoms with E-state index in [9.17, 15) is 0 Å². The minimum Gasteiger partial charge on any atom is -0.301 e. The largest absolute Gasteiger partial charge is 0.301 e. The molecule has 0 amide bonds. The third kappa shape index (κ3) is 6.29. The van der Waals surface area contributed by atoms with Crippen LogP contribution in [-0.4, -0.2) is 23.5 Å². The van der Waals surface area contributed by atoms with E-state index in [0.29, 0.717) is 0 Å². The molecule has 2 aromatic rings. The zero-order valence-electron chi connectivity index (χ0n) is 14.1. The molecule has 0 unspecified atom stereocenters. The second kappa shape index (κ2) is 9.06. The van der Waals surface area contributed by atoms with E-state index in [1.807, 2.05) is 29.8 Å². The van der Waals surface area contributed by atoms with Gasteiger partial charge in [-0.3, -0.25) is 4.98 Å². The van der Waals surface area contributed by atoms with Crippen molar-refractivity contribution < 1.29 is 0 Å². The monoisotopic (exact) mass is 316 g/mol. The zero-order chi connectivity index (χ0) is 15.8. The molecule has 120 valence electrons. The lowest BCUT2D eigenvalue weighted by Crippen LogP contribution is -2.18. The van der Waals surface area contributed by atoms with Gasteiger partial charge in [-0.15, -0.1) is 11.3 Å². The SMILES string of the molecule is CC(C)CCCN(C)Cc1ccc(CCc2cccnc2)s1. The number of thiophene rings is 1. The first-order valence-corrected chi connectivity index (χ1v) is 9.10. The number of pyridine rings is 1. The molecule has 0 aromatic carbocycles. The number of rotatable bonds is 9.